The monoisotopic (exact) mass is 401 g/mol. The van der Waals surface area contributed by atoms with E-state index in [0.717, 1.165) is 18.4 Å². The SMILES string of the molecule is CCS(=O)(=O)Nc1cccc(C(=O)NCc2cccc(NC(=O)C3CC3)c2)c1. The van der Waals surface area contributed by atoms with Crippen molar-refractivity contribution >= 4 is 33.2 Å². The fourth-order valence-corrected chi connectivity index (χ4v) is 3.24. The second-order valence-corrected chi connectivity index (χ2v) is 8.74. The number of rotatable bonds is 8. The summed E-state index contributed by atoms with van der Waals surface area (Å²) in [5.41, 5.74) is 2.26. The van der Waals surface area contributed by atoms with Gasteiger partial charge in [-0.1, -0.05) is 18.2 Å². The summed E-state index contributed by atoms with van der Waals surface area (Å²) in [7, 11) is -3.40. The molecule has 28 heavy (non-hydrogen) atoms. The molecule has 0 aromatic heterocycles. The Bertz CT molecular complexity index is 984. The second kappa shape index (κ2) is 8.43. The van der Waals surface area contributed by atoms with E-state index in [4.69, 9.17) is 0 Å². The van der Waals surface area contributed by atoms with Gasteiger partial charge in [0.2, 0.25) is 15.9 Å². The van der Waals surface area contributed by atoms with Gasteiger partial charge in [0.1, 0.15) is 0 Å². The van der Waals surface area contributed by atoms with Crippen molar-refractivity contribution in [3.63, 3.8) is 0 Å². The summed E-state index contributed by atoms with van der Waals surface area (Å²) >= 11 is 0. The molecular weight excluding hydrogens is 378 g/mol. The molecule has 1 aliphatic rings. The number of hydrogen-bond donors (Lipinski definition) is 3. The van der Waals surface area contributed by atoms with E-state index in [1.54, 1.807) is 25.1 Å². The highest BCUT2D eigenvalue weighted by Gasteiger charge is 2.29. The fourth-order valence-electron chi connectivity index (χ4n) is 2.61. The topological polar surface area (TPSA) is 104 Å². The number of carbonyl (C=O) groups is 2. The lowest BCUT2D eigenvalue weighted by molar-refractivity contribution is -0.117. The summed E-state index contributed by atoms with van der Waals surface area (Å²) in [5.74, 6) is -0.199. The highest BCUT2D eigenvalue weighted by Crippen LogP contribution is 2.30. The molecule has 2 amide bonds. The van der Waals surface area contributed by atoms with Crippen LogP contribution >= 0.6 is 0 Å². The van der Waals surface area contributed by atoms with Crippen LogP contribution in [0, 0.1) is 5.92 Å². The largest absolute Gasteiger partial charge is 0.348 e. The van der Waals surface area contributed by atoms with Crippen LogP contribution in [0.4, 0.5) is 11.4 Å². The second-order valence-electron chi connectivity index (χ2n) is 6.73. The predicted molar refractivity (Wildman–Crippen MR) is 108 cm³/mol. The molecule has 148 valence electrons. The number of benzene rings is 2. The summed E-state index contributed by atoms with van der Waals surface area (Å²) in [6.45, 7) is 1.83. The Hall–Kier alpha value is -2.87. The molecule has 1 fully saturated rings. The Balaban J connectivity index is 1.60. The van der Waals surface area contributed by atoms with Crippen molar-refractivity contribution in [3.05, 3.63) is 59.7 Å². The molecule has 2 aromatic carbocycles. The lowest BCUT2D eigenvalue weighted by atomic mass is 10.1. The Morgan fingerprint density at radius 3 is 2.46 bits per heavy atom. The van der Waals surface area contributed by atoms with Gasteiger partial charge in [-0.25, -0.2) is 8.42 Å². The quantitative estimate of drug-likeness (QED) is 0.632. The molecule has 0 bridgehead atoms. The van der Waals surface area contributed by atoms with Crippen LogP contribution < -0.4 is 15.4 Å². The molecule has 0 aliphatic heterocycles. The molecular formula is C20H23N3O4S. The third-order valence-electron chi connectivity index (χ3n) is 4.37. The lowest BCUT2D eigenvalue weighted by Crippen LogP contribution is -2.23. The number of hydrogen-bond acceptors (Lipinski definition) is 4. The van der Waals surface area contributed by atoms with Gasteiger partial charge >= 0.3 is 0 Å². The van der Waals surface area contributed by atoms with E-state index in [2.05, 4.69) is 15.4 Å². The first-order chi connectivity index (χ1) is 13.4. The summed E-state index contributed by atoms with van der Waals surface area (Å²) in [5, 5.41) is 5.69. The molecule has 0 saturated heterocycles. The fraction of sp³-hybridized carbons (Fsp3) is 0.300. The number of anilines is 2. The molecule has 3 N–H and O–H groups in total. The summed E-state index contributed by atoms with van der Waals surface area (Å²) in [6.07, 6.45) is 1.88. The molecule has 0 spiro atoms. The van der Waals surface area contributed by atoms with Gasteiger partial charge in [0.25, 0.3) is 5.91 Å². The number of carbonyl (C=O) groups excluding carboxylic acids is 2. The summed E-state index contributed by atoms with van der Waals surface area (Å²) in [6, 6.07) is 13.6. The van der Waals surface area contributed by atoms with Crippen LogP contribution in [0.3, 0.4) is 0 Å². The highest BCUT2D eigenvalue weighted by atomic mass is 32.2. The lowest BCUT2D eigenvalue weighted by Gasteiger charge is -2.10. The van der Waals surface area contributed by atoms with Crippen molar-refractivity contribution < 1.29 is 18.0 Å². The first kappa shape index (κ1) is 19.9. The van der Waals surface area contributed by atoms with Gasteiger partial charge in [0.15, 0.2) is 0 Å². The van der Waals surface area contributed by atoms with Crippen LogP contribution in [-0.2, 0) is 21.4 Å². The normalized spacial score (nSPS) is 13.6. The molecule has 3 rings (SSSR count). The van der Waals surface area contributed by atoms with Gasteiger partial charge in [-0.2, -0.15) is 0 Å². The van der Waals surface area contributed by atoms with E-state index in [1.807, 2.05) is 24.3 Å². The zero-order valence-corrected chi connectivity index (χ0v) is 16.4. The van der Waals surface area contributed by atoms with Crippen LogP contribution in [0.2, 0.25) is 0 Å². The number of nitrogens with one attached hydrogen (secondary N) is 3. The third kappa shape index (κ3) is 5.56. The Labute approximate surface area is 164 Å². The van der Waals surface area contributed by atoms with Crippen LogP contribution in [-0.4, -0.2) is 26.0 Å². The van der Waals surface area contributed by atoms with E-state index in [-0.39, 0.29) is 30.0 Å². The van der Waals surface area contributed by atoms with Crippen molar-refractivity contribution in [2.75, 3.05) is 15.8 Å². The zero-order chi connectivity index (χ0) is 20.1. The standard InChI is InChI=1S/C20H23N3O4S/c1-2-28(26,27)23-18-8-4-6-16(12-18)19(24)21-13-14-5-3-7-17(11-14)22-20(25)15-9-10-15/h3-8,11-12,15,23H,2,9-10,13H2,1H3,(H,21,24)(H,22,25). The minimum atomic E-state index is -3.40. The average molecular weight is 401 g/mol. The van der Waals surface area contributed by atoms with Gasteiger partial charge in [-0.05, 0) is 55.7 Å². The molecule has 7 nitrogen and oxygen atoms in total. The summed E-state index contributed by atoms with van der Waals surface area (Å²) in [4.78, 5) is 24.3. The van der Waals surface area contributed by atoms with Gasteiger partial charge < -0.3 is 10.6 Å². The van der Waals surface area contributed by atoms with Crippen molar-refractivity contribution in [1.82, 2.24) is 5.32 Å². The van der Waals surface area contributed by atoms with Gasteiger partial charge in [0, 0.05) is 29.4 Å². The first-order valence-corrected chi connectivity index (χ1v) is 10.8. The van der Waals surface area contributed by atoms with Gasteiger partial charge in [-0.15, -0.1) is 0 Å². The first-order valence-electron chi connectivity index (χ1n) is 9.15. The Morgan fingerprint density at radius 2 is 1.75 bits per heavy atom. The van der Waals surface area contributed by atoms with Crippen LogP contribution in [0.15, 0.2) is 48.5 Å². The molecule has 8 heteroatoms. The zero-order valence-electron chi connectivity index (χ0n) is 15.6. The minimum absolute atomic E-state index is 0.0348. The molecule has 1 saturated carbocycles. The maximum absolute atomic E-state index is 12.4. The van der Waals surface area contributed by atoms with E-state index >= 15 is 0 Å². The smallest absolute Gasteiger partial charge is 0.251 e. The minimum Gasteiger partial charge on any atom is -0.348 e. The molecule has 0 radical (unpaired) electrons. The average Bonchev–Trinajstić information content (AvgIpc) is 3.52. The summed E-state index contributed by atoms with van der Waals surface area (Å²) < 4.78 is 25.8. The predicted octanol–water partition coefficient (Wildman–Crippen LogP) is 2.73. The van der Waals surface area contributed by atoms with E-state index in [9.17, 15) is 18.0 Å². The number of sulfonamides is 1. The van der Waals surface area contributed by atoms with Crippen molar-refractivity contribution in [2.45, 2.75) is 26.3 Å². The van der Waals surface area contributed by atoms with E-state index in [0.29, 0.717) is 16.9 Å². The molecule has 0 heterocycles. The Kier molecular flexibility index (Phi) is 5.99. The van der Waals surface area contributed by atoms with Crippen molar-refractivity contribution in [3.8, 4) is 0 Å². The highest BCUT2D eigenvalue weighted by molar-refractivity contribution is 7.92. The van der Waals surface area contributed by atoms with Gasteiger partial charge in [0.05, 0.1) is 5.75 Å². The number of amides is 2. The van der Waals surface area contributed by atoms with Crippen LogP contribution in [0.25, 0.3) is 0 Å². The van der Waals surface area contributed by atoms with E-state index in [1.165, 1.54) is 6.07 Å². The van der Waals surface area contributed by atoms with Crippen LogP contribution in [0.5, 0.6) is 0 Å². The Morgan fingerprint density at radius 1 is 1.04 bits per heavy atom. The molecule has 0 unspecified atom stereocenters. The molecule has 0 atom stereocenters. The van der Waals surface area contributed by atoms with E-state index < -0.39 is 10.0 Å². The molecule has 1 aliphatic carbocycles. The maximum Gasteiger partial charge on any atom is 0.251 e. The van der Waals surface area contributed by atoms with Crippen molar-refractivity contribution in [2.24, 2.45) is 5.92 Å². The maximum atomic E-state index is 12.4. The van der Waals surface area contributed by atoms with Gasteiger partial charge in [-0.3, -0.25) is 14.3 Å². The van der Waals surface area contributed by atoms with Crippen LogP contribution in [0.1, 0.15) is 35.7 Å². The van der Waals surface area contributed by atoms with Crippen molar-refractivity contribution in [1.29, 1.82) is 0 Å². The molecule has 2 aromatic rings. The third-order valence-corrected chi connectivity index (χ3v) is 5.68.